The lowest BCUT2D eigenvalue weighted by atomic mass is 10.0. The molecule has 0 aliphatic rings. The Kier molecular flexibility index (Phi) is 10.7. The van der Waals surface area contributed by atoms with Gasteiger partial charge in [-0.05, 0) is 60.9 Å². The standard InChI is InChI=1S/C29H33BrFN3O4S/c1-4-21(2)32-29(36)27(18-22-9-6-5-7-10-22)33(19-23-11-8-12-24(30)17-23)28(35)20-34(39(3,37)38)26-15-13-25(31)14-16-26/h5-17,21,27H,4,18-20H2,1-3H3,(H,32,36)/t21-,27-/m1/s1. The summed E-state index contributed by atoms with van der Waals surface area (Å²) in [6, 6.07) is 20.6. The molecule has 2 atom stereocenters. The molecular formula is C29H33BrFN3O4S. The number of amides is 2. The normalized spacial score (nSPS) is 12.8. The molecule has 0 saturated heterocycles. The molecule has 0 saturated carbocycles. The lowest BCUT2D eigenvalue weighted by Crippen LogP contribution is -2.54. The van der Waals surface area contributed by atoms with E-state index in [0.29, 0.717) is 6.42 Å². The van der Waals surface area contributed by atoms with E-state index in [2.05, 4.69) is 21.2 Å². The molecular weight excluding hydrogens is 585 g/mol. The van der Waals surface area contributed by atoms with Gasteiger partial charge in [0, 0.05) is 23.5 Å². The fourth-order valence-corrected chi connectivity index (χ4v) is 5.34. The van der Waals surface area contributed by atoms with Gasteiger partial charge in [0.15, 0.2) is 0 Å². The van der Waals surface area contributed by atoms with Crippen molar-refractivity contribution in [2.24, 2.45) is 0 Å². The molecule has 0 radical (unpaired) electrons. The van der Waals surface area contributed by atoms with E-state index >= 15 is 0 Å². The number of carbonyl (C=O) groups excluding carboxylic acids is 2. The first-order chi connectivity index (χ1) is 18.5. The van der Waals surface area contributed by atoms with Crippen LogP contribution in [0.3, 0.4) is 0 Å². The number of nitrogens with zero attached hydrogens (tertiary/aromatic N) is 2. The molecule has 39 heavy (non-hydrogen) atoms. The van der Waals surface area contributed by atoms with Crippen LogP contribution in [-0.4, -0.2) is 50.0 Å². The van der Waals surface area contributed by atoms with Crippen LogP contribution in [0.2, 0.25) is 0 Å². The van der Waals surface area contributed by atoms with Crippen molar-refractivity contribution in [3.63, 3.8) is 0 Å². The summed E-state index contributed by atoms with van der Waals surface area (Å²) in [5, 5.41) is 2.99. The summed E-state index contributed by atoms with van der Waals surface area (Å²) >= 11 is 3.45. The fourth-order valence-electron chi connectivity index (χ4n) is 4.05. The molecule has 3 aromatic rings. The molecule has 0 aliphatic heterocycles. The van der Waals surface area contributed by atoms with E-state index in [1.807, 2.05) is 68.4 Å². The Bertz CT molecular complexity index is 1370. The maximum atomic E-state index is 14.0. The first-order valence-corrected chi connectivity index (χ1v) is 15.2. The molecule has 0 spiro atoms. The number of carbonyl (C=O) groups is 2. The molecule has 10 heteroatoms. The molecule has 0 fully saturated rings. The van der Waals surface area contributed by atoms with Gasteiger partial charge in [0.1, 0.15) is 18.4 Å². The minimum atomic E-state index is -3.91. The summed E-state index contributed by atoms with van der Waals surface area (Å²) in [5.74, 6) is -1.42. The molecule has 0 heterocycles. The van der Waals surface area contributed by atoms with Gasteiger partial charge >= 0.3 is 0 Å². The average molecular weight is 619 g/mol. The highest BCUT2D eigenvalue weighted by Gasteiger charge is 2.33. The van der Waals surface area contributed by atoms with Crippen LogP contribution in [0, 0.1) is 5.82 Å². The second kappa shape index (κ2) is 13.7. The first-order valence-electron chi connectivity index (χ1n) is 12.6. The van der Waals surface area contributed by atoms with Crippen molar-refractivity contribution < 1.29 is 22.4 Å². The molecule has 1 N–H and O–H groups in total. The lowest BCUT2D eigenvalue weighted by molar-refractivity contribution is -0.140. The van der Waals surface area contributed by atoms with Crippen LogP contribution in [0.5, 0.6) is 0 Å². The van der Waals surface area contributed by atoms with E-state index in [4.69, 9.17) is 0 Å². The number of benzene rings is 3. The van der Waals surface area contributed by atoms with Crippen molar-refractivity contribution in [2.45, 2.75) is 45.3 Å². The number of hydrogen-bond donors (Lipinski definition) is 1. The topological polar surface area (TPSA) is 86.8 Å². The highest BCUT2D eigenvalue weighted by Crippen LogP contribution is 2.22. The SMILES string of the molecule is CC[C@@H](C)NC(=O)[C@@H](Cc1ccccc1)N(Cc1cccc(Br)c1)C(=O)CN(c1ccc(F)cc1)S(C)(=O)=O. The molecule has 7 nitrogen and oxygen atoms in total. The maximum absolute atomic E-state index is 14.0. The number of nitrogens with one attached hydrogen (secondary N) is 1. The average Bonchev–Trinajstić information content (AvgIpc) is 2.89. The van der Waals surface area contributed by atoms with E-state index in [-0.39, 0.29) is 30.6 Å². The maximum Gasteiger partial charge on any atom is 0.244 e. The van der Waals surface area contributed by atoms with E-state index < -0.39 is 34.3 Å². The molecule has 3 aromatic carbocycles. The van der Waals surface area contributed by atoms with Crippen molar-refractivity contribution in [1.29, 1.82) is 0 Å². The minimum absolute atomic E-state index is 0.0741. The quantitative estimate of drug-likeness (QED) is 0.313. The Morgan fingerprint density at radius 2 is 1.62 bits per heavy atom. The predicted molar refractivity (Wildman–Crippen MR) is 155 cm³/mol. The highest BCUT2D eigenvalue weighted by molar-refractivity contribution is 9.10. The second-order valence-corrected chi connectivity index (χ2v) is 12.2. The third-order valence-electron chi connectivity index (χ3n) is 6.31. The summed E-state index contributed by atoms with van der Waals surface area (Å²) in [6.07, 6.45) is 1.92. The third-order valence-corrected chi connectivity index (χ3v) is 7.94. The van der Waals surface area contributed by atoms with Crippen LogP contribution in [0.4, 0.5) is 10.1 Å². The molecule has 208 valence electrons. The summed E-state index contributed by atoms with van der Waals surface area (Å²) in [4.78, 5) is 29.0. The van der Waals surface area contributed by atoms with Gasteiger partial charge < -0.3 is 10.2 Å². The molecule has 0 aromatic heterocycles. The van der Waals surface area contributed by atoms with Gasteiger partial charge in [-0.3, -0.25) is 13.9 Å². The Balaban J connectivity index is 2.05. The molecule has 0 unspecified atom stereocenters. The van der Waals surface area contributed by atoms with Crippen molar-refractivity contribution in [2.75, 3.05) is 17.1 Å². The Morgan fingerprint density at radius 1 is 0.974 bits per heavy atom. The van der Waals surface area contributed by atoms with E-state index in [1.165, 1.54) is 17.0 Å². The molecule has 0 bridgehead atoms. The van der Waals surface area contributed by atoms with Crippen LogP contribution in [0.25, 0.3) is 0 Å². The van der Waals surface area contributed by atoms with Crippen molar-refractivity contribution in [3.8, 4) is 0 Å². The smallest absolute Gasteiger partial charge is 0.244 e. The Morgan fingerprint density at radius 3 is 2.21 bits per heavy atom. The first kappa shape index (κ1) is 30.3. The summed E-state index contributed by atoms with van der Waals surface area (Å²) < 4.78 is 40.8. The van der Waals surface area contributed by atoms with Gasteiger partial charge in [0.05, 0.1) is 11.9 Å². The molecule has 0 aliphatic carbocycles. The number of hydrogen-bond acceptors (Lipinski definition) is 4. The zero-order valence-electron chi connectivity index (χ0n) is 22.2. The van der Waals surface area contributed by atoms with Gasteiger partial charge in [-0.15, -0.1) is 0 Å². The lowest BCUT2D eigenvalue weighted by Gasteiger charge is -2.34. The van der Waals surface area contributed by atoms with Crippen molar-refractivity contribution >= 4 is 43.5 Å². The zero-order chi connectivity index (χ0) is 28.6. The predicted octanol–water partition coefficient (Wildman–Crippen LogP) is 4.91. The largest absolute Gasteiger partial charge is 0.352 e. The van der Waals surface area contributed by atoms with Gasteiger partial charge in [0.25, 0.3) is 0 Å². The van der Waals surface area contributed by atoms with Gasteiger partial charge in [-0.2, -0.15) is 0 Å². The second-order valence-electron chi connectivity index (χ2n) is 9.42. The van der Waals surface area contributed by atoms with Crippen LogP contribution >= 0.6 is 15.9 Å². The van der Waals surface area contributed by atoms with Gasteiger partial charge in [-0.25, -0.2) is 12.8 Å². The summed E-state index contributed by atoms with van der Waals surface area (Å²) in [6.45, 7) is 3.36. The minimum Gasteiger partial charge on any atom is -0.352 e. The van der Waals surface area contributed by atoms with Crippen LogP contribution in [0.1, 0.15) is 31.4 Å². The number of rotatable bonds is 12. The molecule has 3 rings (SSSR count). The molecule has 2 amide bonds. The third kappa shape index (κ3) is 8.90. The number of anilines is 1. The van der Waals surface area contributed by atoms with E-state index in [1.54, 1.807) is 0 Å². The fraction of sp³-hybridized carbons (Fsp3) is 0.310. The zero-order valence-corrected chi connectivity index (χ0v) is 24.6. The highest BCUT2D eigenvalue weighted by atomic mass is 79.9. The number of sulfonamides is 1. The van der Waals surface area contributed by atoms with E-state index in [0.717, 1.165) is 38.3 Å². The van der Waals surface area contributed by atoms with Crippen molar-refractivity contribution in [3.05, 3.63) is 100 Å². The van der Waals surface area contributed by atoms with Gasteiger partial charge in [-0.1, -0.05) is 65.3 Å². The Hall–Kier alpha value is -3.24. The van der Waals surface area contributed by atoms with Crippen LogP contribution in [-0.2, 0) is 32.6 Å². The monoisotopic (exact) mass is 617 g/mol. The van der Waals surface area contributed by atoms with Crippen LogP contribution in [0.15, 0.2) is 83.3 Å². The summed E-state index contributed by atoms with van der Waals surface area (Å²) in [7, 11) is -3.91. The van der Waals surface area contributed by atoms with Gasteiger partial charge in [0.2, 0.25) is 21.8 Å². The van der Waals surface area contributed by atoms with E-state index in [9.17, 15) is 22.4 Å². The van der Waals surface area contributed by atoms with Crippen LogP contribution < -0.4 is 9.62 Å². The number of halogens is 2. The van der Waals surface area contributed by atoms with Crippen molar-refractivity contribution in [1.82, 2.24) is 10.2 Å². The summed E-state index contributed by atoms with van der Waals surface area (Å²) in [5.41, 5.74) is 1.77. The Labute approximate surface area is 238 Å².